The van der Waals surface area contributed by atoms with E-state index in [0.29, 0.717) is 25.1 Å². The molecule has 7 heteroatoms. The Labute approximate surface area is 188 Å². The number of anilines is 1. The Morgan fingerprint density at radius 1 is 1.22 bits per heavy atom. The van der Waals surface area contributed by atoms with Gasteiger partial charge in [0, 0.05) is 49.9 Å². The molecule has 4 heterocycles. The van der Waals surface area contributed by atoms with Crippen LogP contribution in [-0.2, 0) is 11.2 Å². The molecular formula is C25H29N5O2. The molecular weight excluding hydrogens is 402 g/mol. The number of likely N-dealkylation sites (tertiary alicyclic amines) is 1. The highest BCUT2D eigenvalue weighted by molar-refractivity contribution is 5.99. The predicted octanol–water partition coefficient (Wildman–Crippen LogP) is 3.91. The molecule has 1 atom stereocenters. The molecule has 2 saturated heterocycles. The van der Waals surface area contributed by atoms with E-state index in [9.17, 15) is 9.59 Å². The molecule has 0 aliphatic carbocycles. The monoisotopic (exact) mass is 431 g/mol. The molecule has 3 aromatic rings. The number of amides is 2. The lowest BCUT2D eigenvalue weighted by molar-refractivity contribution is -0.117. The molecule has 2 fully saturated rings. The molecule has 0 spiro atoms. The molecule has 0 radical (unpaired) electrons. The molecule has 1 unspecified atom stereocenters. The van der Waals surface area contributed by atoms with Crippen molar-refractivity contribution >= 4 is 28.7 Å². The molecule has 1 aromatic carbocycles. The Hall–Kier alpha value is -3.22. The minimum atomic E-state index is 0.0230. The van der Waals surface area contributed by atoms with E-state index in [1.165, 1.54) is 0 Å². The lowest BCUT2D eigenvalue weighted by Gasteiger charge is -2.22. The molecule has 2 aliphatic heterocycles. The maximum atomic E-state index is 13.4. The van der Waals surface area contributed by atoms with E-state index in [4.69, 9.17) is 4.98 Å². The zero-order chi connectivity index (χ0) is 22.2. The number of pyridine rings is 1. The second-order valence-electron chi connectivity index (χ2n) is 8.84. The summed E-state index contributed by atoms with van der Waals surface area (Å²) in [5.41, 5.74) is 4.35. The average molecular weight is 432 g/mol. The predicted molar refractivity (Wildman–Crippen MR) is 124 cm³/mol. The van der Waals surface area contributed by atoms with Crippen molar-refractivity contribution in [3.05, 3.63) is 53.5 Å². The second-order valence-corrected chi connectivity index (χ2v) is 8.84. The number of nitrogens with zero attached hydrogens (tertiary/aromatic N) is 5. The third-order valence-corrected chi connectivity index (χ3v) is 6.63. The summed E-state index contributed by atoms with van der Waals surface area (Å²) in [7, 11) is 0. The van der Waals surface area contributed by atoms with Gasteiger partial charge in [0.2, 0.25) is 5.91 Å². The number of hydrogen-bond acceptors (Lipinski definition) is 4. The fourth-order valence-electron chi connectivity index (χ4n) is 5.02. The van der Waals surface area contributed by atoms with E-state index in [1.54, 1.807) is 0 Å². The molecule has 2 aliphatic rings. The summed E-state index contributed by atoms with van der Waals surface area (Å²) in [4.78, 5) is 38.8. The van der Waals surface area contributed by atoms with E-state index in [-0.39, 0.29) is 17.9 Å². The van der Waals surface area contributed by atoms with Crippen LogP contribution in [0.2, 0.25) is 0 Å². The Balaban J connectivity index is 1.40. The van der Waals surface area contributed by atoms with Crippen molar-refractivity contribution < 1.29 is 9.59 Å². The molecule has 0 N–H and O–H groups in total. The SMILES string of the molecule is CCCc1nc2cccnc2n1C1CCN(C(=O)c2ccc(C)c(N3CCCC3=O)c2)C1. The first kappa shape index (κ1) is 20.7. The summed E-state index contributed by atoms with van der Waals surface area (Å²) < 4.78 is 2.25. The van der Waals surface area contributed by atoms with Crippen LogP contribution in [0.15, 0.2) is 36.5 Å². The summed E-state index contributed by atoms with van der Waals surface area (Å²) >= 11 is 0. The Morgan fingerprint density at radius 3 is 2.88 bits per heavy atom. The van der Waals surface area contributed by atoms with E-state index in [0.717, 1.165) is 60.5 Å². The van der Waals surface area contributed by atoms with Gasteiger partial charge in [0.15, 0.2) is 5.65 Å². The largest absolute Gasteiger partial charge is 0.336 e. The van der Waals surface area contributed by atoms with Gasteiger partial charge in [-0.1, -0.05) is 13.0 Å². The zero-order valence-electron chi connectivity index (χ0n) is 18.8. The fraction of sp³-hybridized carbons (Fsp3) is 0.440. The number of hydrogen-bond donors (Lipinski definition) is 0. The van der Waals surface area contributed by atoms with Crippen LogP contribution < -0.4 is 4.90 Å². The fourth-order valence-corrected chi connectivity index (χ4v) is 5.02. The topological polar surface area (TPSA) is 71.3 Å². The lowest BCUT2D eigenvalue weighted by Crippen LogP contribution is -2.30. The summed E-state index contributed by atoms with van der Waals surface area (Å²) in [6.07, 6.45) is 6.05. The average Bonchev–Trinajstić information content (AvgIpc) is 3.52. The lowest BCUT2D eigenvalue weighted by atomic mass is 10.1. The number of fused-ring (bicyclic) bond motifs is 1. The van der Waals surface area contributed by atoms with Crippen molar-refractivity contribution in [2.75, 3.05) is 24.5 Å². The molecule has 32 heavy (non-hydrogen) atoms. The number of carbonyl (C=O) groups excluding carboxylic acids is 2. The van der Waals surface area contributed by atoms with Crippen LogP contribution in [0, 0.1) is 6.92 Å². The molecule has 166 valence electrons. The highest BCUT2D eigenvalue weighted by Crippen LogP contribution is 2.31. The Morgan fingerprint density at radius 2 is 2.09 bits per heavy atom. The second kappa shape index (κ2) is 8.37. The van der Waals surface area contributed by atoms with Crippen LogP contribution in [0.25, 0.3) is 11.2 Å². The van der Waals surface area contributed by atoms with Crippen LogP contribution >= 0.6 is 0 Å². The number of benzene rings is 1. The van der Waals surface area contributed by atoms with Crippen molar-refractivity contribution in [2.24, 2.45) is 0 Å². The van der Waals surface area contributed by atoms with Crippen LogP contribution in [-0.4, -0.2) is 50.9 Å². The summed E-state index contributed by atoms with van der Waals surface area (Å²) in [5.74, 6) is 1.21. The normalized spacial score (nSPS) is 18.8. The number of imidazole rings is 1. The van der Waals surface area contributed by atoms with E-state index < -0.39 is 0 Å². The third kappa shape index (κ3) is 3.55. The van der Waals surface area contributed by atoms with Gasteiger partial charge in [-0.25, -0.2) is 9.97 Å². The maximum Gasteiger partial charge on any atom is 0.254 e. The molecule has 2 aromatic heterocycles. The van der Waals surface area contributed by atoms with Gasteiger partial charge in [-0.05, 0) is 56.0 Å². The van der Waals surface area contributed by atoms with Gasteiger partial charge >= 0.3 is 0 Å². The first-order chi connectivity index (χ1) is 15.6. The highest BCUT2D eigenvalue weighted by atomic mass is 16.2. The summed E-state index contributed by atoms with van der Waals surface area (Å²) in [6, 6.07) is 9.82. The van der Waals surface area contributed by atoms with Gasteiger partial charge in [0.1, 0.15) is 11.3 Å². The number of carbonyl (C=O) groups is 2. The van der Waals surface area contributed by atoms with Gasteiger partial charge in [-0.15, -0.1) is 0 Å². The van der Waals surface area contributed by atoms with Gasteiger partial charge in [0.25, 0.3) is 5.91 Å². The molecule has 0 saturated carbocycles. The molecule has 0 bridgehead atoms. The number of aromatic nitrogens is 3. The molecule has 2 amide bonds. The maximum absolute atomic E-state index is 13.4. The van der Waals surface area contributed by atoms with Crippen molar-refractivity contribution in [3.8, 4) is 0 Å². The van der Waals surface area contributed by atoms with E-state index in [2.05, 4.69) is 16.5 Å². The smallest absolute Gasteiger partial charge is 0.254 e. The number of aryl methyl sites for hydroxylation is 2. The minimum absolute atomic E-state index is 0.0230. The van der Waals surface area contributed by atoms with E-state index >= 15 is 0 Å². The van der Waals surface area contributed by atoms with Crippen LogP contribution in [0.1, 0.15) is 60.4 Å². The van der Waals surface area contributed by atoms with Crippen molar-refractivity contribution in [2.45, 2.75) is 52.0 Å². The third-order valence-electron chi connectivity index (χ3n) is 6.63. The van der Waals surface area contributed by atoms with Crippen molar-refractivity contribution in [1.82, 2.24) is 19.4 Å². The van der Waals surface area contributed by atoms with E-state index in [1.807, 2.05) is 53.3 Å². The highest BCUT2D eigenvalue weighted by Gasteiger charge is 2.31. The Bertz CT molecular complexity index is 1180. The van der Waals surface area contributed by atoms with Crippen LogP contribution in [0.5, 0.6) is 0 Å². The Kier molecular flexibility index (Phi) is 5.41. The van der Waals surface area contributed by atoms with Crippen molar-refractivity contribution in [1.29, 1.82) is 0 Å². The first-order valence-electron chi connectivity index (χ1n) is 11.6. The number of rotatable bonds is 5. The summed E-state index contributed by atoms with van der Waals surface area (Å²) in [5, 5.41) is 0. The van der Waals surface area contributed by atoms with Crippen molar-refractivity contribution in [3.63, 3.8) is 0 Å². The quantitative estimate of drug-likeness (QED) is 0.614. The first-order valence-corrected chi connectivity index (χ1v) is 11.6. The van der Waals surface area contributed by atoms with Crippen LogP contribution in [0.4, 0.5) is 5.69 Å². The van der Waals surface area contributed by atoms with Gasteiger partial charge in [-0.2, -0.15) is 0 Å². The van der Waals surface area contributed by atoms with Gasteiger partial charge < -0.3 is 14.4 Å². The zero-order valence-corrected chi connectivity index (χ0v) is 18.8. The molecule has 7 nitrogen and oxygen atoms in total. The standard InChI is InChI=1S/C25H29N5O2/c1-3-6-22-27-20-7-4-12-26-24(20)30(22)19-11-14-28(16-19)25(32)18-10-9-17(2)21(15-18)29-13-5-8-23(29)31/h4,7,9-10,12,15,19H,3,5-6,8,11,13-14,16H2,1-2H3. The van der Waals surface area contributed by atoms with Gasteiger partial charge in [-0.3, -0.25) is 9.59 Å². The van der Waals surface area contributed by atoms with Gasteiger partial charge in [0.05, 0.1) is 6.04 Å². The molecule has 5 rings (SSSR count). The minimum Gasteiger partial charge on any atom is -0.336 e. The van der Waals surface area contributed by atoms with Crippen LogP contribution in [0.3, 0.4) is 0 Å². The summed E-state index contributed by atoms with van der Waals surface area (Å²) in [6.45, 7) is 6.22.